The first-order valence-corrected chi connectivity index (χ1v) is 8.11. The lowest BCUT2D eigenvalue weighted by atomic mass is 10.5. The smallest absolute Gasteiger partial charge is 0.188 e. The number of rotatable bonds is 4. The van der Waals surface area contributed by atoms with Gasteiger partial charge in [0.15, 0.2) is 6.79 Å². The Morgan fingerprint density at radius 1 is 1.29 bits per heavy atom. The molecule has 78 valence electrons. The van der Waals surface area contributed by atoms with Crippen molar-refractivity contribution >= 4 is 13.3 Å². The average Bonchev–Trinajstić information content (AvgIpc) is 2.14. The van der Waals surface area contributed by atoms with Gasteiger partial charge in [-0.3, -0.25) is 4.98 Å². The molecule has 0 aliphatic heterocycles. The van der Waals surface area contributed by atoms with Crippen LogP contribution in [0.4, 0.5) is 0 Å². The van der Waals surface area contributed by atoms with Gasteiger partial charge in [0, 0.05) is 13.3 Å². The Bertz CT molecular complexity index is 296. The molecule has 0 saturated heterocycles. The first kappa shape index (κ1) is 11.2. The second-order valence-corrected chi connectivity index (χ2v) is 9.29. The number of methoxy groups -OCH3 is 1. The van der Waals surface area contributed by atoms with Gasteiger partial charge in [0.2, 0.25) is 0 Å². The number of aromatic nitrogens is 1. The zero-order valence-corrected chi connectivity index (χ0v) is 10.2. The molecular weight excluding hydrogens is 194 g/mol. The summed E-state index contributed by atoms with van der Waals surface area (Å²) < 4.78 is 10.2. The van der Waals surface area contributed by atoms with E-state index in [2.05, 4.69) is 30.7 Å². The Morgan fingerprint density at radius 2 is 2.00 bits per heavy atom. The molecule has 0 radical (unpaired) electrons. The minimum absolute atomic E-state index is 0.275. The lowest BCUT2D eigenvalue weighted by Gasteiger charge is -2.16. The van der Waals surface area contributed by atoms with E-state index in [1.807, 2.05) is 6.20 Å². The van der Waals surface area contributed by atoms with Gasteiger partial charge in [0.1, 0.15) is 5.75 Å². The minimum Gasteiger partial charge on any atom is -0.466 e. The van der Waals surface area contributed by atoms with Crippen molar-refractivity contribution in [2.45, 2.75) is 19.6 Å². The summed E-state index contributed by atoms with van der Waals surface area (Å²) in [5.41, 5.74) is 0. The number of pyridine rings is 1. The number of hydrogen-bond acceptors (Lipinski definition) is 3. The van der Waals surface area contributed by atoms with Crippen LogP contribution >= 0.6 is 0 Å². The fourth-order valence-electron chi connectivity index (χ4n) is 1.03. The highest BCUT2D eigenvalue weighted by atomic mass is 28.3. The van der Waals surface area contributed by atoms with Crippen LogP contribution in [0.15, 0.2) is 18.5 Å². The van der Waals surface area contributed by atoms with Gasteiger partial charge in [-0.15, -0.1) is 0 Å². The van der Waals surface area contributed by atoms with Crippen LogP contribution in [0.2, 0.25) is 19.6 Å². The summed E-state index contributed by atoms with van der Waals surface area (Å²) in [6.07, 6.45) is 3.63. The third-order valence-electron chi connectivity index (χ3n) is 1.92. The molecule has 3 nitrogen and oxygen atoms in total. The van der Waals surface area contributed by atoms with Crippen molar-refractivity contribution in [3.8, 4) is 5.75 Å². The van der Waals surface area contributed by atoms with E-state index in [0.29, 0.717) is 0 Å². The Balaban J connectivity index is 2.79. The molecule has 0 aliphatic carbocycles. The third-order valence-corrected chi connectivity index (χ3v) is 3.93. The van der Waals surface area contributed by atoms with E-state index in [1.54, 1.807) is 13.3 Å². The summed E-state index contributed by atoms with van der Waals surface area (Å²) in [6.45, 7) is 7.12. The van der Waals surface area contributed by atoms with E-state index in [4.69, 9.17) is 9.47 Å². The van der Waals surface area contributed by atoms with Crippen molar-refractivity contribution in [3.05, 3.63) is 18.5 Å². The van der Waals surface area contributed by atoms with Gasteiger partial charge in [-0.05, 0) is 11.3 Å². The van der Waals surface area contributed by atoms with E-state index >= 15 is 0 Å². The fraction of sp³-hybridized carbons (Fsp3) is 0.500. The molecule has 14 heavy (non-hydrogen) atoms. The quantitative estimate of drug-likeness (QED) is 0.560. The van der Waals surface area contributed by atoms with Crippen molar-refractivity contribution in [3.63, 3.8) is 0 Å². The highest BCUT2D eigenvalue weighted by Crippen LogP contribution is 2.09. The van der Waals surface area contributed by atoms with Gasteiger partial charge in [-0.2, -0.15) is 0 Å². The first-order valence-electron chi connectivity index (χ1n) is 4.61. The van der Waals surface area contributed by atoms with E-state index in [0.717, 1.165) is 5.75 Å². The highest BCUT2D eigenvalue weighted by Gasteiger charge is 2.17. The van der Waals surface area contributed by atoms with E-state index < -0.39 is 8.07 Å². The van der Waals surface area contributed by atoms with Gasteiger partial charge in [0.25, 0.3) is 0 Å². The fourth-order valence-corrected chi connectivity index (χ4v) is 2.07. The van der Waals surface area contributed by atoms with Gasteiger partial charge in [-0.25, -0.2) is 0 Å². The van der Waals surface area contributed by atoms with Gasteiger partial charge >= 0.3 is 0 Å². The zero-order chi connectivity index (χ0) is 10.6. The predicted octanol–water partition coefficient (Wildman–Crippen LogP) is 1.61. The normalized spacial score (nSPS) is 11.4. The molecular formula is C10H17NO2Si. The maximum Gasteiger partial charge on any atom is 0.188 e. The van der Waals surface area contributed by atoms with Crippen molar-refractivity contribution in [2.24, 2.45) is 0 Å². The number of hydrogen-bond donors (Lipinski definition) is 0. The largest absolute Gasteiger partial charge is 0.466 e. The Kier molecular flexibility index (Phi) is 3.66. The van der Waals surface area contributed by atoms with Crippen LogP contribution in [-0.4, -0.2) is 27.0 Å². The molecule has 0 atom stereocenters. The molecule has 0 spiro atoms. The lowest BCUT2D eigenvalue weighted by Crippen LogP contribution is -2.37. The van der Waals surface area contributed by atoms with Gasteiger partial charge < -0.3 is 9.47 Å². The summed E-state index contributed by atoms with van der Waals surface area (Å²) in [6, 6.07) is 2.05. The summed E-state index contributed by atoms with van der Waals surface area (Å²) in [7, 11) is 0.320. The van der Waals surface area contributed by atoms with Crippen LogP contribution in [0.5, 0.6) is 5.75 Å². The lowest BCUT2D eigenvalue weighted by molar-refractivity contribution is 0.0509. The van der Waals surface area contributed by atoms with Gasteiger partial charge in [-0.1, -0.05) is 19.6 Å². The van der Waals surface area contributed by atoms with Crippen LogP contribution in [0, 0.1) is 0 Å². The first-order chi connectivity index (χ1) is 6.54. The molecule has 0 bridgehead atoms. The molecule has 0 aromatic carbocycles. The second kappa shape index (κ2) is 4.57. The summed E-state index contributed by atoms with van der Waals surface area (Å²) in [4.78, 5) is 4.16. The second-order valence-electron chi connectivity index (χ2n) is 4.21. The monoisotopic (exact) mass is 211 g/mol. The van der Waals surface area contributed by atoms with E-state index in [-0.39, 0.29) is 6.79 Å². The molecule has 0 saturated carbocycles. The average molecular weight is 211 g/mol. The Morgan fingerprint density at radius 3 is 2.57 bits per heavy atom. The SMILES string of the molecule is COCOc1cncc([Si](C)(C)C)c1. The summed E-state index contributed by atoms with van der Waals surface area (Å²) in [5.74, 6) is 0.784. The van der Waals surface area contributed by atoms with Gasteiger partial charge in [0.05, 0.1) is 14.3 Å². The maximum absolute atomic E-state index is 5.33. The number of ether oxygens (including phenoxy) is 2. The molecule has 1 aromatic heterocycles. The van der Waals surface area contributed by atoms with Crippen LogP contribution in [0.3, 0.4) is 0 Å². The van der Waals surface area contributed by atoms with E-state index in [9.17, 15) is 0 Å². The molecule has 4 heteroatoms. The standard InChI is InChI=1S/C10H17NO2Si/c1-12-8-13-9-5-10(7-11-6-9)14(2,3)4/h5-7H,8H2,1-4H3. The van der Waals surface area contributed by atoms with Crippen LogP contribution in [-0.2, 0) is 4.74 Å². The molecule has 0 amide bonds. The highest BCUT2D eigenvalue weighted by molar-refractivity contribution is 6.88. The molecule has 1 heterocycles. The summed E-state index contributed by atoms with van der Waals surface area (Å²) in [5, 5.41) is 1.30. The van der Waals surface area contributed by atoms with Crippen LogP contribution in [0.1, 0.15) is 0 Å². The predicted molar refractivity (Wildman–Crippen MR) is 59.7 cm³/mol. The van der Waals surface area contributed by atoms with Crippen molar-refractivity contribution in [1.29, 1.82) is 0 Å². The third kappa shape index (κ3) is 3.12. The van der Waals surface area contributed by atoms with Crippen LogP contribution in [0.25, 0.3) is 0 Å². The zero-order valence-electron chi connectivity index (χ0n) is 9.20. The molecule has 0 unspecified atom stereocenters. The van der Waals surface area contributed by atoms with Crippen LogP contribution < -0.4 is 9.92 Å². The van der Waals surface area contributed by atoms with Crippen molar-refractivity contribution < 1.29 is 9.47 Å². The number of nitrogens with zero attached hydrogens (tertiary/aromatic N) is 1. The topological polar surface area (TPSA) is 31.4 Å². The van der Waals surface area contributed by atoms with Crippen molar-refractivity contribution in [2.75, 3.05) is 13.9 Å². The minimum atomic E-state index is -1.29. The maximum atomic E-state index is 5.33. The Hall–Kier alpha value is -0.873. The molecule has 0 fully saturated rings. The van der Waals surface area contributed by atoms with E-state index in [1.165, 1.54) is 5.19 Å². The molecule has 0 N–H and O–H groups in total. The molecule has 1 rings (SSSR count). The molecule has 1 aromatic rings. The van der Waals surface area contributed by atoms with Crippen molar-refractivity contribution in [1.82, 2.24) is 4.98 Å². The summed E-state index contributed by atoms with van der Waals surface area (Å²) >= 11 is 0. The molecule has 0 aliphatic rings. The Labute approximate surface area is 86.1 Å².